The highest BCUT2D eigenvalue weighted by molar-refractivity contribution is 7.90. The Balaban J connectivity index is 3.37. The van der Waals surface area contributed by atoms with Crippen molar-refractivity contribution in [3.05, 3.63) is 0 Å². The summed E-state index contributed by atoms with van der Waals surface area (Å²) in [6, 6.07) is 0. The zero-order valence-corrected chi connectivity index (χ0v) is 14.1. The van der Waals surface area contributed by atoms with Gasteiger partial charge in [0, 0.05) is 13.1 Å². The largest absolute Gasteiger partial charge is 0.303 e. The molecule has 1 heterocycles. The van der Waals surface area contributed by atoms with E-state index in [0.717, 1.165) is 0 Å². The molecule has 11 heteroatoms. The van der Waals surface area contributed by atoms with Crippen molar-refractivity contribution in [2.75, 3.05) is 13.1 Å². The molecule has 22 heavy (non-hydrogen) atoms. The van der Waals surface area contributed by atoms with Gasteiger partial charge in [0.2, 0.25) is 5.67 Å². The van der Waals surface area contributed by atoms with E-state index in [0.29, 0.717) is 23.6 Å². The van der Waals surface area contributed by atoms with Gasteiger partial charge in [0.15, 0.2) is 0 Å². The maximum Gasteiger partial charge on any atom is 0.303 e. The van der Waals surface area contributed by atoms with Crippen LogP contribution in [0.15, 0.2) is 0 Å². The first-order valence-electron chi connectivity index (χ1n) is 6.64. The summed E-state index contributed by atoms with van der Waals surface area (Å²) >= 11 is 0. The number of hydrogen-bond donors (Lipinski definition) is 1. The lowest BCUT2D eigenvalue weighted by Gasteiger charge is -2.42. The van der Waals surface area contributed by atoms with Crippen LogP contribution in [-0.4, -0.2) is 54.5 Å². The molecule has 0 aromatic rings. The van der Waals surface area contributed by atoms with Crippen LogP contribution in [0.2, 0.25) is 0 Å². The predicted molar refractivity (Wildman–Crippen MR) is 74.4 cm³/mol. The normalized spacial score (nSPS) is 26.7. The Morgan fingerprint density at radius 1 is 0.864 bits per heavy atom. The first-order chi connectivity index (χ1) is 9.61. The first kappa shape index (κ1) is 19.7. The van der Waals surface area contributed by atoms with Gasteiger partial charge in [0.05, 0.1) is 0 Å². The van der Waals surface area contributed by atoms with E-state index in [4.69, 9.17) is 4.55 Å². The maximum absolute atomic E-state index is 14.8. The van der Waals surface area contributed by atoms with Crippen molar-refractivity contribution in [1.82, 2.24) is 4.31 Å². The van der Waals surface area contributed by atoms with E-state index in [9.17, 15) is 30.0 Å². The Morgan fingerprint density at radius 3 is 1.64 bits per heavy atom. The van der Waals surface area contributed by atoms with Crippen molar-refractivity contribution >= 4 is 20.1 Å². The van der Waals surface area contributed by atoms with Crippen LogP contribution in [0.1, 0.15) is 40.0 Å². The molecule has 3 atom stereocenters. The van der Waals surface area contributed by atoms with E-state index in [1.807, 2.05) is 0 Å². The second kappa shape index (κ2) is 5.60. The summed E-state index contributed by atoms with van der Waals surface area (Å²) in [7, 11) is -10.7. The van der Waals surface area contributed by atoms with Gasteiger partial charge in [-0.15, -0.1) is 0 Å². The molecule has 132 valence electrons. The molecule has 0 aromatic heterocycles. The molecule has 0 saturated carbocycles. The van der Waals surface area contributed by atoms with Gasteiger partial charge in [-0.2, -0.15) is 12.7 Å². The van der Waals surface area contributed by atoms with Gasteiger partial charge in [0.1, 0.15) is 0 Å². The van der Waals surface area contributed by atoms with E-state index in [-0.39, 0.29) is 33.9 Å². The molecule has 1 aliphatic heterocycles. The van der Waals surface area contributed by atoms with Crippen LogP contribution in [0, 0.1) is 0 Å². The van der Waals surface area contributed by atoms with Crippen LogP contribution in [-0.2, 0) is 20.1 Å². The number of hydrogen-bond acceptors (Lipinski definition) is 4. The lowest BCUT2D eigenvalue weighted by atomic mass is 9.97. The summed E-state index contributed by atoms with van der Waals surface area (Å²) in [6.45, 7) is 0.397. The summed E-state index contributed by atoms with van der Waals surface area (Å²) < 4.78 is 99.9. The molecule has 1 N–H and O–H groups in total. The van der Waals surface area contributed by atoms with Gasteiger partial charge in [-0.25, -0.2) is 21.6 Å². The molecule has 0 amide bonds. The Kier molecular flexibility index (Phi) is 5.01. The van der Waals surface area contributed by atoms with Gasteiger partial charge < -0.3 is 0 Å². The first-order valence-corrected chi connectivity index (χ1v) is 9.52. The summed E-state index contributed by atoms with van der Waals surface area (Å²) in [5, 5.41) is -8.04. The molecular weight excluding hydrogens is 347 g/mol. The second-order valence-electron chi connectivity index (χ2n) is 5.78. The lowest BCUT2D eigenvalue weighted by molar-refractivity contribution is -0.0434. The number of nitrogens with zero attached hydrogens (tertiary/aromatic N) is 1. The number of piperidine rings is 1. The highest BCUT2D eigenvalue weighted by atomic mass is 32.2. The predicted octanol–water partition coefficient (Wildman–Crippen LogP) is 1.79. The topological polar surface area (TPSA) is 91.7 Å². The monoisotopic (exact) mass is 367 g/mol. The number of halogens is 3. The minimum atomic E-state index is -5.70. The summed E-state index contributed by atoms with van der Waals surface area (Å²) in [5.74, 6) is 0. The van der Waals surface area contributed by atoms with E-state index in [1.54, 1.807) is 0 Å². The van der Waals surface area contributed by atoms with Crippen molar-refractivity contribution < 1.29 is 34.6 Å². The highest BCUT2D eigenvalue weighted by Crippen LogP contribution is 2.48. The molecule has 1 saturated heterocycles. The maximum atomic E-state index is 14.8. The van der Waals surface area contributed by atoms with Crippen molar-refractivity contribution in [2.45, 2.75) is 55.7 Å². The van der Waals surface area contributed by atoms with Crippen molar-refractivity contribution in [1.29, 1.82) is 0 Å². The quantitative estimate of drug-likeness (QED) is 0.748. The minimum absolute atomic E-state index is 0.0627. The van der Waals surface area contributed by atoms with E-state index in [1.165, 1.54) is 0 Å². The van der Waals surface area contributed by atoms with Gasteiger partial charge in [0.25, 0.3) is 20.0 Å². The fraction of sp³-hybridized carbons (Fsp3) is 1.00. The molecule has 3 unspecified atom stereocenters. The van der Waals surface area contributed by atoms with Gasteiger partial charge in [-0.3, -0.25) is 4.55 Å². The third kappa shape index (κ3) is 2.76. The standard InChI is InChI=1S/C11H20F3NO5S2/c1-9(12,11(3,14)22(18,19)20)10(2,13)21(16,17)15-7-5-4-6-8-15/h4-8H2,1-3H3,(H,18,19,20). The molecule has 1 fully saturated rings. The van der Waals surface area contributed by atoms with E-state index < -0.39 is 35.8 Å². The molecule has 6 nitrogen and oxygen atoms in total. The fourth-order valence-electron chi connectivity index (χ4n) is 2.23. The summed E-state index contributed by atoms with van der Waals surface area (Å²) in [5.41, 5.74) is -4.04. The Morgan fingerprint density at radius 2 is 1.27 bits per heavy atom. The van der Waals surface area contributed by atoms with Gasteiger partial charge in [-0.1, -0.05) is 6.42 Å². The zero-order valence-electron chi connectivity index (χ0n) is 12.5. The summed E-state index contributed by atoms with van der Waals surface area (Å²) in [6.07, 6.45) is 1.58. The van der Waals surface area contributed by atoms with Crippen LogP contribution in [0.3, 0.4) is 0 Å². The molecule has 1 rings (SSSR count). The average Bonchev–Trinajstić information content (AvgIpc) is 2.37. The van der Waals surface area contributed by atoms with Crippen molar-refractivity contribution in [3.63, 3.8) is 0 Å². The summed E-state index contributed by atoms with van der Waals surface area (Å²) in [4.78, 5) is 0. The second-order valence-corrected chi connectivity index (χ2v) is 9.73. The van der Waals surface area contributed by atoms with Crippen LogP contribution in [0.5, 0.6) is 0 Å². The molecule has 0 spiro atoms. The van der Waals surface area contributed by atoms with Crippen molar-refractivity contribution in [3.8, 4) is 0 Å². The van der Waals surface area contributed by atoms with Crippen LogP contribution in [0.25, 0.3) is 0 Å². The van der Waals surface area contributed by atoms with Gasteiger partial charge in [-0.05, 0) is 33.6 Å². The van der Waals surface area contributed by atoms with Crippen LogP contribution in [0.4, 0.5) is 13.2 Å². The molecule has 0 aromatic carbocycles. The molecule has 0 bridgehead atoms. The Hall–Kier alpha value is -0.390. The third-order valence-electron chi connectivity index (χ3n) is 4.30. The number of sulfonamides is 1. The van der Waals surface area contributed by atoms with E-state index >= 15 is 0 Å². The van der Waals surface area contributed by atoms with Crippen LogP contribution >= 0.6 is 0 Å². The molecule has 0 radical (unpaired) electrons. The Labute approximate surface area is 128 Å². The molecular formula is C11H20F3NO5S2. The highest BCUT2D eigenvalue weighted by Gasteiger charge is 2.71. The van der Waals surface area contributed by atoms with Gasteiger partial charge >= 0.3 is 10.1 Å². The minimum Gasteiger partial charge on any atom is -0.283 e. The van der Waals surface area contributed by atoms with Crippen LogP contribution < -0.4 is 0 Å². The SMILES string of the molecule is CC(F)(C(C)(F)S(=O)(=O)O)C(C)(F)S(=O)(=O)N1CCCCC1. The smallest absolute Gasteiger partial charge is 0.283 e. The average molecular weight is 367 g/mol. The lowest BCUT2D eigenvalue weighted by Crippen LogP contribution is -2.65. The van der Waals surface area contributed by atoms with Crippen molar-refractivity contribution in [2.24, 2.45) is 0 Å². The molecule has 0 aliphatic carbocycles. The zero-order chi connectivity index (χ0) is 17.6. The number of alkyl halides is 3. The fourth-order valence-corrected chi connectivity index (χ4v) is 4.87. The number of rotatable bonds is 5. The third-order valence-corrected chi connectivity index (χ3v) is 8.05. The van der Waals surface area contributed by atoms with E-state index in [2.05, 4.69) is 0 Å². The Bertz CT molecular complexity index is 622. The molecule has 1 aliphatic rings.